The van der Waals surface area contributed by atoms with Crippen molar-refractivity contribution in [2.45, 2.75) is 39.5 Å². The van der Waals surface area contributed by atoms with Crippen molar-refractivity contribution in [1.29, 1.82) is 0 Å². The quantitative estimate of drug-likeness (QED) is 0.733. The fourth-order valence-electron chi connectivity index (χ4n) is 2.38. The van der Waals surface area contributed by atoms with E-state index in [0.29, 0.717) is 5.92 Å². The third kappa shape index (κ3) is 3.58. The van der Waals surface area contributed by atoms with Gasteiger partial charge in [-0.3, -0.25) is 0 Å². The first kappa shape index (κ1) is 12.0. The third-order valence-electron chi connectivity index (χ3n) is 3.64. The van der Waals surface area contributed by atoms with Gasteiger partial charge in [-0.1, -0.05) is 26.7 Å². The lowest BCUT2D eigenvalue weighted by Gasteiger charge is -2.32. The van der Waals surface area contributed by atoms with Crippen LogP contribution in [0.4, 0.5) is 0 Å². The molecule has 1 fully saturated rings. The van der Waals surface area contributed by atoms with Crippen LogP contribution >= 0.6 is 0 Å². The summed E-state index contributed by atoms with van der Waals surface area (Å²) in [6, 6.07) is 0. The summed E-state index contributed by atoms with van der Waals surface area (Å²) >= 11 is 0. The van der Waals surface area contributed by atoms with Crippen LogP contribution in [0.2, 0.25) is 0 Å². The Morgan fingerprint density at radius 1 is 1.21 bits per heavy atom. The highest BCUT2D eigenvalue weighted by Crippen LogP contribution is 2.18. The standard InChI is InChI=1S/C12H26N2/c1-3-12(11(2)9-13)10-14-7-5-4-6-8-14/h11-12H,3-10,13H2,1-2H3. The van der Waals surface area contributed by atoms with E-state index < -0.39 is 0 Å². The van der Waals surface area contributed by atoms with Crippen LogP contribution in [0.3, 0.4) is 0 Å². The van der Waals surface area contributed by atoms with Crippen LogP contribution in [0.1, 0.15) is 39.5 Å². The molecule has 0 spiro atoms. The van der Waals surface area contributed by atoms with Gasteiger partial charge in [-0.05, 0) is 44.3 Å². The Kier molecular flexibility index (Phi) is 5.49. The Hall–Kier alpha value is -0.0800. The minimum absolute atomic E-state index is 0.682. The molecule has 1 rings (SSSR count). The van der Waals surface area contributed by atoms with Crippen LogP contribution < -0.4 is 5.73 Å². The largest absolute Gasteiger partial charge is 0.330 e. The van der Waals surface area contributed by atoms with Crippen molar-refractivity contribution in [1.82, 2.24) is 4.90 Å². The molecule has 0 aromatic carbocycles. The van der Waals surface area contributed by atoms with Crippen LogP contribution in [0.15, 0.2) is 0 Å². The fourth-order valence-corrected chi connectivity index (χ4v) is 2.38. The van der Waals surface area contributed by atoms with Gasteiger partial charge in [-0.2, -0.15) is 0 Å². The highest BCUT2D eigenvalue weighted by molar-refractivity contribution is 4.73. The van der Waals surface area contributed by atoms with E-state index in [1.165, 1.54) is 45.3 Å². The molecule has 2 heteroatoms. The average molecular weight is 198 g/mol. The van der Waals surface area contributed by atoms with E-state index >= 15 is 0 Å². The predicted octanol–water partition coefficient (Wildman–Crippen LogP) is 2.09. The lowest BCUT2D eigenvalue weighted by Crippen LogP contribution is -2.37. The SMILES string of the molecule is CCC(CN1CCCCC1)C(C)CN. The minimum atomic E-state index is 0.682. The number of nitrogens with two attached hydrogens (primary N) is 1. The van der Waals surface area contributed by atoms with Gasteiger partial charge in [0.2, 0.25) is 0 Å². The highest BCUT2D eigenvalue weighted by Gasteiger charge is 2.19. The monoisotopic (exact) mass is 198 g/mol. The smallest absolute Gasteiger partial charge is 0.00126 e. The predicted molar refractivity (Wildman–Crippen MR) is 62.3 cm³/mol. The molecule has 1 aliphatic heterocycles. The lowest BCUT2D eigenvalue weighted by atomic mass is 9.90. The van der Waals surface area contributed by atoms with E-state index in [0.717, 1.165) is 12.5 Å². The second kappa shape index (κ2) is 6.41. The molecule has 1 heterocycles. The maximum absolute atomic E-state index is 5.74. The third-order valence-corrected chi connectivity index (χ3v) is 3.64. The summed E-state index contributed by atoms with van der Waals surface area (Å²) in [5, 5.41) is 0. The normalized spacial score (nSPS) is 23.4. The van der Waals surface area contributed by atoms with Gasteiger partial charge in [-0.25, -0.2) is 0 Å². The Balaban J connectivity index is 2.30. The second-order valence-corrected chi connectivity index (χ2v) is 4.74. The van der Waals surface area contributed by atoms with E-state index in [9.17, 15) is 0 Å². The van der Waals surface area contributed by atoms with Crippen molar-refractivity contribution in [2.75, 3.05) is 26.2 Å². The Bertz CT molecular complexity index is 141. The number of piperidine rings is 1. The maximum Gasteiger partial charge on any atom is 0.00126 e. The lowest BCUT2D eigenvalue weighted by molar-refractivity contribution is 0.167. The first-order valence-electron chi connectivity index (χ1n) is 6.20. The molecule has 2 atom stereocenters. The molecule has 2 nitrogen and oxygen atoms in total. The van der Waals surface area contributed by atoms with Gasteiger partial charge in [0.05, 0.1) is 0 Å². The molecule has 1 saturated heterocycles. The molecule has 84 valence electrons. The number of nitrogens with zero attached hydrogens (tertiary/aromatic N) is 1. The highest BCUT2D eigenvalue weighted by atomic mass is 15.1. The molecule has 2 N–H and O–H groups in total. The minimum Gasteiger partial charge on any atom is -0.330 e. The van der Waals surface area contributed by atoms with E-state index in [1.807, 2.05) is 0 Å². The van der Waals surface area contributed by atoms with Gasteiger partial charge >= 0.3 is 0 Å². The van der Waals surface area contributed by atoms with Crippen LogP contribution in [-0.4, -0.2) is 31.1 Å². The van der Waals surface area contributed by atoms with E-state index in [-0.39, 0.29) is 0 Å². The van der Waals surface area contributed by atoms with Crippen molar-refractivity contribution in [3.8, 4) is 0 Å². The summed E-state index contributed by atoms with van der Waals surface area (Å²) in [6.07, 6.45) is 5.50. The number of likely N-dealkylation sites (tertiary alicyclic amines) is 1. The van der Waals surface area contributed by atoms with E-state index in [4.69, 9.17) is 5.73 Å². The zero-order valence-corrected chi connectivity index (χ0v) is 9.84. The molecule has 0 saturated carbocycles. The second-order valence-electron chi connectivity index (χ2n) is 4.74. The molecule has 0 radical (unpaired) electrons. The summed E-state index contributed by atoms with van der Waals surface area (Å²) in [5.74, 6) is 1.49. The Labute approximate surface area is 88.8 Å². The van der Waals surface area contributed by atoms with Gasteiger partial charge < -0.3 is 10.6 Å². The molecule has 0 aromatic heterocycles. The summed E-state index contributed by atoms with van der Waals surface area (Å²) < 4.78 is 0. The van der Waals surface area contributed by atoms with E-state index in [1.54, 1.807) is 0 Å². The molecule has 2 unspecified atom stereocenters. The number of rotatable bonds is 5. The maximum atomic E-state index is 5.74. The van der Waals surface area contributed by atoms with Crippen molar-refractivity contribution < 1.29 is 0 Å². The molecule has 0 aromatic rings. The Morgan fingerprint density at radius 3 is 2.36 bits per heavy atom. The van der Waals surface area contributed by atoms with Gasteiger partial charge in [-0.15, -0.1) is 0 Å². The summed E-state index contributed by atoms with van der Waals surface area (Å²) in [6.45, 7) is 9.32. The van der Waals surface area contributed by atoms with Gasteiger partial charge in [0, 0.05) is 6.54 Å². The molecule has 1 aliphatic rings. The summed E-state index contributed by atoms with van der Waals surface area (Å²) in [4.78, 5) is 2.63. The molecular weight excluding hydrogens is 172 g/mol. The van der Waals surface area contributed by atoms with Gasteiger partial charge in [0.1, 0.15) is 0 Å². The van der Waals surface area contributed by atoms with Crippen LogP contribution in [0.25, 0.3) is 0 Å². The summed E-state index contributed by atoms with van der Waals surface area (Å²) in [7, 11) is 0. The van der Waals surface area contributed by atoms with Crippen molar-refractivity contribution in [2.24, 2.45) is 17.6 Å². The number of hydrogen-bond donors (Lipinski definition) is 1. The molecule has 14 heavy (non-hydrogen) atoms. The molecule has 0 aliphatic carbocycles. The number of hydrogen-bond acceptors (Lipinski definition) is 2. The van der Waals surface area contributed by atoms with Crippen molar-refractivity contribution in [3.63, 3.8) is 0 Å². The average Bonchev–Trinajstić information content (AvgIpc) is 2.26. The topological polar surface area (TPSA) is 29.3 Å². The van der Waals surface area contributed by atoms with E-state index in [2.05, 4.69) is 18.7 Å². The van der Waals surface area contributed by atoms with Crippen LogP contribution in [-0.2, 0) is 0 Å². The van der Waals surface area contributed by atoms with Crippen LogP contribution in [0.5, 0.6) is 0 Å². The zero-order chi connectivity index (χ0) is 10.4. The Morgan fingerprint density at radius 2 is 1.86 bits per heavy atom. The molecular formula is C12H26N2. The van der Waals surface area contributed by atoms with Crippen molar-refractivity contribution in [3.05, 3.63) is 0 Å². The first-order valence-corrected chi connectivity index (χ1v) is 6.20. The molecule has 0 amide bonds. The van der Waals surface area contributed by atoms with Crippen molar-refractivity contribution >= 4 is 0 Å². The fraction of sp³-hybridized carbons (Fsp3) is 1.00. The van der Waals surface area contributed by atoms with Gasteiger partial charge in [0.15, 0.2) is 0 Å². The summed E-state index contributed by atoms with van der Waals surface area (Å²) in [5.41, 5.74) is 5.74. The van der Waals surface area contributed by atoms with Gasteiger partial charge in [0.25, 0.3) is 0 Å². The zero-order valence-electron chi connectivity index (χ0n) is 9.84. The molecule has 0 bridgehead atoms. The first-order chi connectivity index (χ1) is 6.77. The van der Waals surface area contributed by atoms with Crippen LogP contribution in [0, 0.1) is 11.8 Å².